The highest BCUT2D eigenvalue weighted by molar-refractivity contribution is 5.91. The average Bonchev–Trinajstić information content (AvgIpc) is 2.94. The number of hydrogen-bond donors (Lipinski definition) is 1. The first-order valence-electron chi connectivity index (χ1n) is 7.83. The van der Waals surface area contributed by atoms with Gasteiger partial charge in [-0.05, 0) is 44.2 Å². The van der Waals surface area contributed by atoms with Crippen molar-refractivity contribution >= 4 is 22.4 Å². The molecule has 0 radical (unpaired) electrons. The van der Waals surface area contributed by atoms with Crippen LogP contribution in [0.2, 0.25) is 0 Å². The number of fused-ring (bicyclic) bond motifs is 1. The number of aromatic nitrogens is 4. The maximum Gasteiger partial charge on any atom is 0.253 e. The number of rotatable bonds is 3. The van der Waals surface area contributed by atoms with Crippen LogP contribution in [0, 0.1) is 13.8 Å². The molecule has 2 aromatic carbocycles. The van der Waals surface area contributed by atoms with E-state index >= 15 is 0 Å². The lowest BCUT2D eigenvalue weighted by Crippen LogP contribution is -2.07. The van der Waals surface area contributed by atoms with Gasteiger partial charge in [-0.2, -0.15) is 10.1 Å². The molecule has 0 saturated carbocycles. The van der Waals surface area contributed by atoms with Gasteiger partial charge < -0.3 is 5.32 Å². The molecule has 0 amide bonds. The fourth-order valence-corrected chi connectivity index (χ4v) is 2.74. The van der Waals surface area contributed by atoms with E-state index in [4.69, 9.17) is 4.98 Å². The molecule has 118 valence electrons. The first-order chi connectivity index (χ1) is 11.7. The van der Waals surface area contributed by atoms with Gasteiger partial charge in [0.25, 0.3) is 5.95 Å². The first-order valence-corrected chi connectivity index (χ1v) is 7.83. The maximum absolute atomic E-state index is 4.72. The minimum absolute atomic E-state index is 0.567. The Morgan fingerprint density at radius 2 is 1.62 bits per heavy atom. The number of aryl methyl sites for hydroxylation is 2. The molecule has 0 bridgehead atoms. The summed E-state index contributed by atoms with van der Waals surface area (Å²) in [5, 5.41) is 8.87. The summed E-state index contributed by atoms with van der Waals surface area (Å²) in [6.45, 7) is 3.97. The molecule has 2 aromatic heterocycles. The Morgan fingerprint density at radius 3 is 2.38 bits per heavy atom. The lowest BCUT2D eigenvalue weighted by Gasteiger charge is -2.11. The number of para-hydroxylation sites is 2. The van der Waals surface area contributed by atoms with Gasteiger partial charge in [-0.1, -0.05) is 30.3 Å². The lowest BCUT2D eigenvalue weighted by atomic mass is 10.2. The van der Waals surface area contributed by atoms with Crippen LogP contribution < -0.4 is 5.32 Å². The van der Waals surface area contributed by atoms with Crippen molar-refractivity contribution in [1.82, 2.24) is 19.7 Å². The largest absolute Gasteiger partial charge is 0.340 e. The summed E-state index contributed by atoms with van der Waals surface area (Å²) in [5.74, 6) is 1.34. The van der Waals surface area contributed by atoms with Crippen molar-refractivity contribution in [3.63, 3.8) is 0 Å². The number of benzene rings is 2. The molecule has 1 N–H and O–H groups in total. The Morgan fingerprint density at radius 1 is 0.875 bits per heavy atom. The van der Waals surface area contributed by atoms with Crippen LogP contribution >= 0.6 is 0 Å². The summed E-state index contributed by atoms with van der Waals surface area (Å²) < 4.78 is 1.78. The highest BCUT2D eigenvalue weighted by Gasteiger charge is 2.12. The standard InChI is InChI=1S/C19H17N5/c1-13-12-14(2)24(23-13)19-21-17-11-7-6-10-16(17)18(22-19)20-15-8-4-3-5-9-15/h3-12H,1-2H3,(H,20,21,22). The van der Waals surface area contributed by atoms with Gasteiger partial charge in [-0.3, -0.25) is 0 Å². The summed E-state index contributed by atoms with van der Waals surface area (Å²) in [7, 11) is 0. The normalized spacial score (nSPS) is 10.9. The topological polar surface area (TPSA) is 55.6 Å². The van der Waals surface area contributed by atoms with E-state index in [9.17, 15) is 0 Å². The molecular weight excluding hydrogens is 298 g/mol. The van der Waals surface area contributed by atoms with Crippen molar-refractivity contribution in [2.24, 2.45) is 0 Å². The molecule has 2 heterocycles. The van der Waals surface area contributed by atoms with Crippen molar-refractivity contribution in [1.29, 1.82) is 0 Å². The Labute approximate surface area is 140 Å². The van der Waals surface area contributed by atoms with Crippen molar-refractivity contribution in [3.8, 4) is 5.95 Å². The lowest BCUT2D eigenvalue weighted by molar-refractivity contribution is 0.781. The molecule has 0 saturated heterocycles. The predicted molar refractivity (Wildman–Crippen MR) is 95.9 cm³/mol. The van der Waals surface area contributed by atoms with Crippen LogP contribution in [0.1, 0.15) is 11.4 Å². The summed E-state index contributed by atoms with van der Waals surface area (Å²) in [4.78, 5) is 9.39. The molecule has 0 fully saturated rings. The second-order valence-electron chi connectivity index (χ2n) is 5.72. The monoisotopic (exact) mass is 315 g/mol. The second kappa shape index (κ2) is 5.77. The Balaban J connectivity index is 1.89. The predicted octanol–water partition coefficient (Wildman–Crippen LogP) is 4.18. The molecule has 0 aliphatic heterocycles. The van der Waals surface area contributed by atoms with Crippen LogP contribution in [0.25, 0.3) is 16.9 Å². The molecule has 4 rings (SSSR count). The van der Waals surface area contributed by atoms with E-state index < -0.39 is 0 Å². The smallest absolute Gasteiger partial charge is 0.253 e. The van der Waals surface area contributed by atoms with Crippen molar-refractivity contribution in [2.75, 3.05) is 5.32 Å². The first kappa shape index (κ1) is 14.4. The van der Waals surface area contributed by atoms with Gasteiger partial charge in [0.2, 0.25) is 0 Å². The Bertz CT molecular complexity index is 1000. The zero-order chi connectivity index (χ0) is 16.5. The fourth-order valence-electron chi connectivity index (χ4n) is 2.74. The molecule has 24 heavy (non-hydrogen) atoms. The third-order valence-electron chi connectivity index (χ3n) is 3.83. The molecule has 4 aromatic rings. The third kappa shape index (κ3) is 2.60. The Hall–Kier alpha value is -3.21. The average molecular weight is 315 g/mol. The quantitative estimate of drug-likeness (QED) is 0.616. The maximum atomic E-state index is 4.72. The highest BCUT2D eigenvalue weighted by atomic mass is 15.4. The molecule has 0 atom stereocenters. The minimum atomic E-state index is 0.567. The number of nitrogens with zero attached hydrogens (tertiary/aromatic N) is 4. The molecular formula is C19H17N5. The Kier molecular flexibility index (Phi) is 3.46. The summed E-state index contributed by atoms with van der Waals surface area (Å²) in [5.41, 5.74) is 3.82. The molecule has 0 unspecified atom stereocenters. The SMILES string of the molecule is Cc1cc(C)n(-c2nc(Nc3ccccc3)c3ccccc3n2)n1. The number of nitrogens with one attached hydrogen (secondary N) is 1. The van der Waals surface area contributed by atoms with Crippen LogP contribution in [-0.4, -0.2) is 19.7 Å². The minimum Gasteiger partial charge on any atom is -0.340 e. The molecule has 5 nitrogen and oxygen atoms in total. The van der Waals surface area contributed by atoms with Crippen molar-refractivity contribution < 1.29 is 0 Å². The van der Waals surface area contributed by atoms with E-state index in [0.717, 1.165) is 33.8 Å². The summed E-state index contributed by atoms with van der Waals surface area (Å²) >= 11 is 0. The van der Waals surface area contributed by atoms with Gasteiger partial charge in [0.1, 0.15) is 5.82 Å². The molecule has 0 aliphatic rings. The fraction of sp³-hybridized carbons (Fsp3) is 0.105. The number of hydrogen-bond acceptors (Lipinski definition) is 4. The van der Waals surface area contributed by atoms with Crippen LogP contribution in [0.15, 0.2) is 60.7 Å². The number of anilines is 2. The van der Waals surface area contributed by atoms with Crippen LogP contribution in [0.3, 0.4) is 0 Å². The highest BCUT2D eigenvalue weighted by Crippen LogP contribution is 2.25. The van der Waals surface area contributed by atoms with Crippen molar-refractivity contribution in [3.05, 3.63) is 72.1 Å². The second-order valence-corrected chi connectivity index (χ2v) is 5.72. The van der Waals surface area contributed by atoms with Gasteiger partial charge in [-0.15, -0.1) is 0 Å². The molecule has 0 spiro atoms. The van der Waals surface area contributed by atoms with E-state index in [-0.39, 0.29) is 0 Å². The zero-order valence-electron chi connectivity index (χ0n) is 13.6. The van der Waals surface area contributed by atoms with E-state index in [0.29, 0.717) is 5.95 Å². The van der Waals surface area contributed by atoms with E-state index in [1.807, 2.05) is 74.5 Å². The van der Waals surface area contributed by atoms with E-state index in [1.54, 1.807) is 4.68 Å². The molecule has 5 heteroatoms. The van der Waals surface area contributed by atoms with E-state index in [2.05, 4.69) is 15.4 Å². The van der Waals surface area contributed by atoms with Crippen LogP contribution in [0.5, 0.6) is 0 Å². The summed E-state index contributed by atoms with van der Waals surface area (Å²) in [6.07, 6.45) is 0. The van der Waals surface area contributed by atoms with Gasteiger partial charge in [-0.25, -0.2) is 9.67 Å². The van der Waals surface area contributed by atoms with Gasteiger partial charge in [0.05, 0.1) is 11.2 Å². The van der Waals surface area contributed by atoms with Crippen molar-refractivity contribution in [2.45, 2.75) is 13.8 Å². The van der Waals surface area contributed by atoms with E-state index in [1.165, 1.54) is 0 Å². The van der Waals surface area contributed by atoms with Gasteiger partial charge >= 0.3 is 0 Å². The van der Waals surface area contributed by atoms with Crippen LogP contribution in [0.4, 0.5) is 11.5 Å². The van der Waals surface area contributed by atoms with Gasteiger partial charge in [0.15, 0.2) is 0 Å². The third-order valence-corrected chi connectivity index (χ3v) is 3.83. The zero-order valence-corrected chi connectivity index (χ0v) is 13.6. The summed E-state index contributed by atoms with van der Waals surface area (Å²) in [6, 6.07) is 20.0. The van der Waals surface area contributed by atoms with Crippen LogP contribution in [-0.2, 0) is 0 Å². The molecule has 0 aliphatic carbocycles. The van der Waals surface area contributed by atoms with Gasteiger partial charge in [0, 0.05) is 16.8 Å².